The molecule has 0 saturated carbocycles. The second kappa shape index (κ2) is 5.72. The van der Waals surface area contributed by atoms with Gasteiger partial charge in [0.15, 0.2) is 16.7 Å². The third kappa shape index (κ3) is 2.41. The van der Waals surface area contributed by atoms with Gasteiger partial charge in [0, 0.05) is 11.6 Å². The van der Waals surface area contributed by atoms with Crippen molar-refractivity contribution in [3.8, 4) is 22.8 Å². The molecule has 1 aromatic carbocycles. The first-order chi connectivity index (χ1) is 10.7. The van der Waals surface area contributed by atoms with Crippen LogP contribution < -0.4 is 15.0 Å². The fraction of sp³-hybridized carbons (Fsp3) is 0.214. The molecule has 0 radical (unpaired) electrons. The third-order valence-corrected chi connectivity index (χ3v) is 3.75. The van der Waals surface area contributed by atoms with E-state index in [1.54, 1.807) is 26.4 Å². The molecule has 22 heavy (non-hydrogen) atoms. The smallest absolute Gasteiger partial charge is 0.274 e. The molecule has 0 atom stereocenters. The van der Waals surface area contributed by atoms with Gasteiger partial charge in [0.05, 0.1) is 19.9 Å². The van der Waals surface area contributed by atoms with Gasteiger partial charge < -0.3 is 9.47 Å². The Bertz CT molecular complexity index is 887. The maximum absolute atomic E-state index is 12.2. The van der Waals surface area contributed by atoms with E-state index in [1.165, 1.54) is 22.3 Å². The SMILES string of the molecule is COc1ccc(-c2cc(=O)n3[nH]c(SC)nc3n2)cc1OC. The van der Waals surface area contributed by atoms with E-state index in [2.05, 4.69) is 15.1 Å². The number of aromatic amines is 1. The van der Waals surface area contributed by atoms with Gasteiger partial charge in [-0.05, 0) is 24.5 Å². The lowest BCUT2D eigenvalue weighted by atomic mass is 10.1. The molecule has 3 rings (SSSR count). The molecule has 0 spiro atoms. The van der Waals surface area contributed by atoms with Crippen molar-refractivity contribution in [1.82, 2.24) is 19.6 Å². The van der Waals surface area contributed by atoms with Gasteiger partial charge in [-0.15, -0.1) is 0 Å². The number of benzene rings is 1. The van der Waals surface area contributed by atoms with Crippen molar-refractivity contribution in [2.75, 3.05) is 20.5 Å². The molecule has 0 amide bonds. The van der Waals surface area contributed by atoms with Crippen LogP contribution in [0.25, 0.3) is 17.0 Å². The number of methoxy groups -OCH3 is 2. The van der Waals surface area contributed by atoms with E-state index in [4.69, 9.17) is 9.47 Å². The topological polar surface area (TPSA) is 81.5 Å². The van der Waals surface area contributed by atoms with Gasteiger partial charge in [0.1, 0.15) is 0 Å². The van der Waals surface area contributed by atoms with Gasteiger partial charge in [-0.25, -0.2) is 4.98 Å². The summed E-state index contributed by atoms with van der Waals surface area (Å²) in [6.45, 7) is 0. The molecule has 0 unspecified atom stereocenters. The lowest BCUT2D eigenvalue weighted by molar-refractivity contribution is 0.355. The molecule has 0 aliphatic rings. The molecule has 0 aliphatic carbocycles. The average Bonchev–Trinajstić information content (AvgIpc) is 2.98. The van der Waals surface area contributed by atoms with Crippen LogP contribution in [0.2, 0.25) is 0 Å². The zero-order chi connectivity index (χ0) is 15.7. The van der Waals surface area contributed by atoms with Crippen LogP contribution in [0.15, 0.2) is 34.2 Å². The molecule has 2 heterocycles. The summed E-state index contributed by atoms with van der Waals surface area (Å²) in [5.74, 6) is 1.53. The molecule has 3 aromatic rings. The van der Waals surface area contributed by atoms with Gasteiger partial charge in [-0.1, -0.05) is 11.8 Å². The summed E-state index contributed by atoms with van der Waals surface area (Å²) in [7, 11) is 3.13. The van der Waals surface area contributed by atoms with Gasteiger partial charge in [-0.3, -0.25) is 9.89 Å². The summed E-state index contributed by atoms with van der Waals surface area (Å²) in [5.41, 5.74) is 1.07. The Hall–Kier alpha value is -2.48. The summed E-state index contributed by atoms with van der Waals surface area (Å²) in [5, 5.41) is 3.52. The number of nitrogens with one attached hydrogen (secondary N) is 1. The van der Waals surface area contributed by atoms with Crippen molar-refractivity contribution in [3.05, 3.63) is 34.6 Å². The van der Waals surface area contributed by atoms with Crippen LogP contribution in [-0.4, -0.2) is 40.1 Å². The van der Waals surface area contributed by atoms with Gasteiger partial charge in [0.25, 0.3) is 11.3 Å². The van der Waals surface area contributed by atoms with Crippen LogP contribution in [0.5, 0.6) is 11.5 Å². The molecule has 0 aliphatic heterocycles. The highest BCUT2D eigenvalue weighted by atomic mass is 32.2. The van der Waals surface area contributed by atoms with Crippen LogP contribution in [-0.2, 0) is 0 Å². The van der Waals surface area contributed by atoms with E-state index in [-0.39, 0.29) is 5.56 Å². The predicted octanol–water partition coefficient (Wildman–Crippen LogP) is 1.82. The maximum Gasteiger partial charge on any atom is 0.274 e. The highest BCUT2D eigenvalue weighted by Crippen LogP contribution is 2.31. The summed E-state index contributed by atoms with van der Waals surface area (Å²) >= 11 is 1.41. The van der Waals surface area contributed by atoms with Crippen molar-refractivity contribution < 1.29 is 9.47 Å². The van der Waals surface area contributed by atoms with E-state index in [9.17, 15) is 4.79 Å². The number of hydrogen-bond donors (Lipinski definition) is 1. The predicted molar refractivity (Wildman–Crippen MR) is 83.9 cm³/mol. The molecule has 2 aromatic heterocycles. The Labute approximate surface area is 130 Å². The first-order valence-electron chi connectivity index (χ1n) is 6.42. The molecule has 7 nitrogen and oxygen atoms in total. The average molecular weight is 318 g/mol. The lowest BCUT2D eigenvalue weighted by Crippen LogP contribution is -2.14. The van der Waals surface area contributed by atoms with Crippen LogP contribution >= 0.6 is 11.8 Å². The van der Waals surface area contributed by atoms with Crippen molar-refractivity contribution in [1.29, 1.82) is 0 Å². The molecular weight excluding hydrogens is 304 g/mol. The summed E-state index contributed by atoms with van der Waals surface area (Å²) in [6, 6.07) is 6.83. The van der Waals surface area contributed by atoms with Crippen LogP contribution in [0, 0.1) is 0 Å². The number of nitrogens with zero attached hydrogens (tertiary/aromatic N) is 3. The summed E-state index contributed by atoms with van der Waals surface area (Å²) in [4.78, 5) is 20.8. The Kier molecular flexibility index (Phi) is 3.76. The minimum absolute atomic E-state index is 0.220. The quantitative estimate of drug-likeness (QED) is 0.739. The van der Waals surface area contributed by atoms with Crippen LogP contribution in [0.1, 0.15) is 0 Å². The molecular formula is C14H14N4O3S. The maximum atomic E-state index is 12.2. The van der Waals surface area contributed by atoms with Crippen LogP contribution in [0.4, 0.5) is 0 Å². The van der Waals surface area contributed by atoms with Gasteiger partial charge in [-0.2, -0.15) is 9.50 Å². The first-order valence-corrected chi connectivity index (χ1v) is 7.65. The Morgan fingerprint density at radius 2 is 1.91 bits per heavy atom. The zero-order valence-corrected chi connectivity index (χ0v) is 13.1. The molecule has 8 heteroatoms. The Morgan fingerprint density at radius 3 is 2.59 bits per heavy atom. The second-order valence-electron chi connectivity index (χ2n) is 4.42. The fourth-order valence-corrected chi connectivity index (χ4v) is 2.45. The van der Waals surface area contributed by atoms with Gasteiger partial charge in [0.2, 0.25) is 0 Å². The number of fused-ring (bicyclic) bond motifs is 1. The summed E-state index contributed by atoms with van der Waals surface area (Å²) in [6.07, 6.45) is 1.87. The lowest BCUT2D eigenvalue weighted by Gasteiger charge is -2.09. The third-order valence-electron chi connectivity index (χ3n) is 3.18. The normalized spacial score (nSPS) is 10.9. The summed E-state index contributed by atoms with van der Waals surface area (Å²) < 4.78 is 11.8. The molecule has 0 saturated heterocycles. The first kappa shape index (κ1) is 14.5. The molecule has 1 N–H and O–H groups in total. The fourth-order valence-electron chi connectivity index (χ4n) is 2.10. The van der Waals surface area contributed by atoms with Crippen LogP contribution in [0.3, 0.4) is 0 Å². The highest BCUT2D eigenvalue weighted by molar-refractivity contribution is 7.98. The number of hydrogen-bond acceptors (Lipinski definition) is 6. The molecule has 0 bridgehead atoms. The molecule has 0 fully saturated rings. The second-order valence-corrected chi connectivity index (χ2v) is 5.21. The standard InChI is InChI=1S/C14H14N4O3S/c1-20-10-5-4-8(6-11(10)21-2)9-7-12(19)18-13(15-9)16-14(17-18)22-3/h4-7H,1-3H3,(H,15,16,17). The minimum atomic E-state index is -0.220. The number of aromatic nitrogens is 4. The van der Waals surface area contributed by atoms with Gasteiger partial charge >= 0.3 is 0 Å². The van der Waals surface area contributed by atoms with E-state index in [1.807, 2.05) is 12.3 Å². The van der Waals surface area contributed by atoms with Crippen molar-refractivity contribution in [2.45, 2.75) is 5.16 Å². The van der Waals surface area contributed by atoms with E-state index in [0.29, 0.717) is 28.1 Å². The number of H-pyrrole nitrogens is 1. The number of ether oxygens (including phenoxy) is 2. The largest absolute Gasteiger partial charge is 0.493 e. The van der Waals surface area contributed by atoms with Crippen molar-refractivity contribution >= 4 is 17.5 Å². The number of thioether (sulfide) groups is 1. The van der Waals surface area contributed by atoms with Crippen molar-refractivity contribution in [2.24, 2.45) is 0 Å². The minimum Gasteiger partial charge on any atom is -0.493 e. The van der Waals surface area contributed by atoms with E-state index < -0.39 is 0 Å². The molecule has 114 valence electrons. The monoisotopic (exact) mass is 318 g/mol. The Balaban J connectivity index is 2.15. The number of rotatable bonds is 4. The van der Waals surface area contributed by atoms with E-state index >= 15 is 0 Å². The van der Waals surface area contributed by atoms with E-state index in [0.717, 1.165) is 5.56 Å². The zero-order valence-electron chi connectivity index (χ0n) is 12.3. The Morgan fingerprint density at radius 1 is 1.14 bits per heavy atom. The highest BCUT2D eigenvalue weighted by Gasteiger charge is 2.11. The van der Waals surface area contributed by atoms with Crippen molar-refractivity contribution in [3.63, 3.8) is 0 Å².